The van der Waals surface area contributed by atoms with E-state index in [2.05, 4.69) is 0 Å². The Morgan fingerprint density at radius 2 is 0.893 bits per heavy atom. The van der Waals surface area contributed by atoms with Crippen molar-refractivity contribution in [3.63, 3.8) is 0 Å². The number of carbonyl (C=O) groups is 3. The lowest BCUT2D eigenvalue weighted by Crippen LogP contribution is -2.44. The molecule has 0 atom stereocenters. The van der Waals surface area contributed by atoms with E-state index in [4.69, 9.17) is 19.9 Å². The summed E-state index contributed by atoms with van der Waals surface area (Å²) in [5, 5.41) is 0. The molecule has 0 aliphatic rings. The molecule has 0 aliphatic heterocycles. The molecule has 28 heavy (non-hydrogen) atoms. The normalized spacial score (nSPS) is 13.1. The Bertz CT molecular complexity index is 517. The molecular weight excluding hydrogens is 362 g/mol. The first-order chi connectivity index (χ1) is 12.3. The van der Waals surface area contributed by atoms with E-state index in [1.165, 1.54) is 0 Å². The maximum atomic E-state index is 12.3. The highest BCUT2D eigenvalue weighted by Crippen LogP contribution is 2.25. The minimum atomic E-state index is -1.07. The molecule has 0 radical (unpaired) electrons. The average molecular weight is 402 g/mol. The van der Waals surface area contributed by atoms with Gasteiger partial charge in [0.2, 0.25) is 0 Å². The summed E-state index contributed by atoms with van der Waals surface area (Å²) in [4.78, 5) is 36.4. The third kappa shape index (κ3) is 14.4. The number of hydrogen-bond acceptors (Lipinski definition) is 7. The van der Waals surface area contributed by atoms with Crippen molar-refractivity contribution in [2.24, 2.45) is 5.73 Å². The summed E-state index contributed by atoms with van der Waals surface area (Å²) in [6, 6.07) is 0. The third-order valence-corrected chi connectivity index (χ3v) is 3.41. The van der Waals surface area contributed by atoms with Crippen LogP contribution in [-0.2, 0) is 28.6 Å². The topological polar surface area (TPSA) is 105 Å². The van der Waals surface area contributed by atoms with E-state index >= 15 is 0 Å². The van der Waals surface area contributed by atoms with E-state index in [0.717, 1.165) is 0 Å². The van der Waals surface area contributed by atoms with Crippen molar-refractivity contribution in [2.75, 3.05) is 0 Å². The van der Waals surface area contributed by atoms with Crippen LogP contribution in [0.15, 0.2) is 0 Å². The Hall–Kier alpha value is -1.63. The Morgan fingerprint density at radius 1 is 0.607 bits per heavy atom. The first kappa shape index (κ1) is 26.4. The van der Waals surface area contributed by atoms with Crippen LogP contribution in [0.4, 0.5) is 0 Å². The van der Waals surface area contributed by atoms with Crippen LogP contribution in [-0.4, -0.2) is 40.2 Å². The summed E-state index contributed by atoms with van der Waals surface area (Å²) in [5.74, 6) is -1.27. The van der Waals surface area contributed by atoms with E-state index in [-0.39, 0.29) is 32.1 Å². The van der Waals surface area contributed by atoms with Crippen LogP contribution >= 0.6 is 0 Å². The zero-order valence-electron chi connectivity index (χ0n) is 19.1. The van der Waals surface area contributed by atoms with Crippen molar-refractivity contribution in [3.8, 4) is 0 Å². The Labute approximate surface area is 169 Å². The average Bonchev–Trinajstić information content (AvgIpc) is 2.37. The number of rotatable bonds is 8. The van der Waals surface area contributed by atoms with Gasteiger partial charge >= 0.3 is 17.9 Å². The largest absolute Gasteiger partial charge is 0.460 e. The first-order valence-corrected chi connectivity index (χ1v) is 9.75. The van der Waals surface area contributed by atoms with Gasteiger partial charge in [-0.3, -0.25) is 14.4 Å². The van der Waals surface area contributed by atoms with Crippen LogP contribution in [0, 0.1) is 0 Å². The molecule has 0 rings (SSSR count). The van der Waals surface area contributed by atoms with Gasteiger partial charge in [0.25, 0.3) is 0 Å². The van der Waals surface area contributed by atoms with Gasteiger partial charge in [-0.15, -0.1) is 0 Å². The molecule has 0 aromatic carbocycles. The summed E-state index contributed by atoms with van der Waals surface area (Å²) < 4.78 is 16.0. The van der Waals surface area contributed by atoms with Crippen LogP contribution in [0.3, 0.4) is 0 Å². The second kappa shape index (κ2) is 9.72. The number of hydrogen-bond donors (Lipinski definition) is 1. The zero-order valence-corrected chi connectivity index (χ0v) is 19.1. The SMILES string of the molecule is CC(C)(C)OC(=O)CCC(N)(CCC(=O)OC(C)(C)C)CC(=O)OC(C)(C)C. The second-order valence-corrected chi connectivity index (χ2v) is 10.3. The maximum absolute atomic E-state index is 12.3. The van der Waals surface area contributed by atoms with Crippen LogP contribution in [0.25, 0.3) is 0 Å². The summed E-state index contributed by atoms with van der Waals surface area (Å²) in [6.07, 6.45) is 0.388. The molecule has 0 heterocycles. The van der Waals surface area contributed by atoms with Crippen molar-refractivity contribution in [3.05, 3.63) is 0 Å². The summed E-state index contributed by atoms with van der Waals surface area (Å²) in [6.45, 7) is 16.0. The molecule has 0 amide bonds. The van der Waals surface area contributed by atoms with Gasteiger partial charge in [0.15, 0.2) is 0 Å². The number of esters is 3. The van der Waals surface area contributed by atoms with Gasteiger partial charge in [0, 0.05) is 18.4 Å². The van der Waals surface area contributed by atoms with Gasteiger partial charge in [0.05, 0.1) is 6.42 Å². The summed E-state index contributed by atoms with van der Waals surface area (Å²) >= 11 is 0. The number of ether oxygens (including phenoxy) is 3. The number of nitrogens with two attached hydrogens (primary N) is 1. The predicted octanol–water partition coefficient (Wildman–Crippen LogP) is 3.66. The van der Waals surface area contributed by atoms with E-state index in [1.807, 2.05) is 0 Å². The smallest absolute Gasteiger partial charge is 0.308 e. The van der Waals surface area contributed by atoms with Crippen LogP contribution < -0.4 is 5.73 Å². The predicted molar refractivity (Wildman–Crippen MR) is 108 cm³/mol. The van der Waals surface area contributed by atoms with Crippen molar-refractivity contribution in [1.82, 2.24) is 0 Å². The first-order valence-electron chi connectivity index (χ1n) is 9.75. The Balaban J connectivity index is 5.06. The van der Waals surface area contributed by atoms with Crippen LogP contribution in [0.5, 0.6) is 0 Å². The quantitative estimate of drug-likeness (QED) is 0.489. The fraction of sp³-hybridized carbons (Fsp3) is 0.857. The van der Waals surface area contributed by atoms with E-state index < -0.39 is 40.2 Å². The highest BCUT2D eigenvalue weighted by molar-refractivity contribution is 5.73. The molecule has 0 fully saturated rings. The third-order valence-electron chi connectivity index (χ3n) is 3.41. The monoisotopic (exact) mass is 401 g/mol. The molecule has 0 aromatic rings. The minimum Gasteiger partial charge on any atom is -0.460 e. The van der Waals surface area contributed by atoms with Crippen molar-refractivity contribution >= 4 is 17.9 Å². The summed E-state index contributed by atoms with van der Waals surface area (Å²) in [5.41, 5.74) is 3.51. The second-order valence-electron chi connectivity index (χ2n) is 10.3. The van der Waals surface area contributed by atoms with Gasteiger partial charge in [0.1, 0.15) is 16.8 Å². The molecule has 0 spiro atoms. The highest BCUT2D eigenvalue weighted by atomic mass is 16.6. The number of carbonyl (C=O) groups excluding carboxylic acids is 3. The fourth-order valence-corrected chi connectivity index (χ4v) is 2.45. The Kier molecular flexibility index (Phi) is 9.15. The fourth-order valence-electron chi connectivity index (χ4n) is 2.45. The van der Waals surface area contributed by atoms with E-state index in [9.17, 15) is 14.4 Å². The van der Waals surface area contributed by atoms with Gasteiger partial charge in [-0.25, -0.2) is 0 Å². The molecular formula is C21H39NO6. The lowest BCUT2D eigenvalue weighted by Gasteiger charge is -2.31. The minimum absolute atomic E-state index is 0.0465. The molecule has 164 valence electrons. The maximum Gasteiger partial charge on any atom is 0.308 e. The molecule has 0 unspecified atom stereocenters. The van der Waals surface area contributed by atoms with Gasteiger partial charge in [-0.05, 0) is 75.2 Å². The lowest BCUT2D eigenvalue weighted by molar-refractivity contribution is -0.160. The highest BCUT2D eigenvalue weighted by Gasteiger charge is 2.33. The van der Waals surface area contributed by atoms with Gasteiger partial charge < -0.3 is 19.9 Å². The van der Waals surface area contributed by atoms with Gasteiger partial charge in [-0.2, -0.15) is 0 Å². The van der Waals surface area contributed by atoms with E-state index in [0.29, 0.717) is 0 Å². The molecule has 0 aromatic heterocycles. The van der Waals surface area contributed by atoms with Gasteiger partial charge in [-0.1, -0.05) is 0 Å². The van der Waals surface area contributed by atoms with Crippen LogP contribution in [0.1, 0.15) is 94.4 Å². The molecule has 0 saturated heterocycles. The molecule has 0 aliphatic carbocycles. The van der Waals surface area contributed by atoms with Crippen LogP contribution in [0.2, 0.25) is 0 Å². The molecule has 7 heteroatoms. The summed E-state index contributed by atoms with van der Waals surface area (Å²) in [7, 11) is 0. The van der Waals surface area contributed by atoms with Crippen molar-refractivity contribution in [2.45, 2.75) is 117 Å². The molecule has 2 N–H and O–H groups in total. The van der Waals surface area contributed by atoms with Crippen molar-refractivity contribution in [1.29, 1.82) is 0 Å². The lowest BCUT2D eigenvalue weighted by atomic mass is 9.86. The molecule has 0 bridgehead atoms. The Morgan fingerprint density at radius 3 is 1.18 bits per heavy atom. The van der Waals surface area contributed by atoms with E-state index in [1.54, 1.807) is 62.3 Å². The zero-order chi connectivity index (χ0) is 22.4. The molecule has 0 saturated carbocycles. The molecule has 7 nitrogen and oxygen atoms in total. The standard InChI is InChI=1S/C21H39NO6/c1-18(2,3)26-15(23)10-12-21(22,14-17(25)28-20(7,8)9)13-11-16(24)27-19(4,5)6/h10-14,22H2,1-9H3. The van der Waals surface area contributed by atoms with Crippen molar-refractivity contribution < 1.29 is 28.6 Å².